The largest absolute Gasteiger partial charge is 0.416 e. The Morgan fingerprint density at radius 1 is 0.765 bits per heavy atom. The number of carbonyl (C=O) groups excluding carboxylic acids is 2. The number of benzene rings is 3. The SMILES string of the molecule is O=C(NCc1ccc(-c2cccnc2)nc1)C(=Cc1ccc(C(F)(F)F)cc1)[C@H](Cc1ccccc1)C(=O)N1CCN(Cc2ccccc2)CC1. The van der Waals surface area contributed by atoms with E-state index in [1.165, 1.54) is 23.8 Å². The molecule has 6 rings (SSSR count). The van der Waals surface area contributed by atoms with Crippen LogP contribution in [0.3, 0.4) is 0 Å². The van der Waals surface area contributed by atoms with E-state index in [4.69, 9.17) is 0 Å². The van der Waals surface area contributed by atoms with E-state index in [1.54, 1.807) is 23.5 Å². The average molecular weight is 690 g/mol. The number of alkyl halides is 3. The molecule has 0 spiro atoms. The lowest BCUT2D eigenvalue weighted by Gasteiger charge is -2.37. The summed E-state index contributed by atoms with van der Waals surface area (Å²) in [4.78, 5) is 41.3. The molecule has 7 nitrogen and oxygen atoms in total. The van der Waals surface area contributed by atoms with E-state index in [2.05, 4.69) is 32.3 Å². The van der Waals surface area contributed by atoms with Crippen LogP contribution in [0.1, 0.15) is 27.8 Å². The third-order valence-corrected chi connectivity index (χ3v) is 8.95. The third-order valence-electron chi connectivity index (χ3n) is 8.95. The fourth-order valence-corrected chi connectivity index (χ4v) is 6.14. The third kappa shape index (κ3) is 9.55. The van der Waals surface area contributed by atoms with Crippen LogP contribution >= 0.6 is 0 Å². The summed E-state index contributed by atoms with van der Waals surface area (Å²) in [6.45, 7) is 3.22. The molecule has 10 heteroatoms. The van der Waals surface area contributed by atoms with Crippen LogP contribution in [-0.4, -0.2) is 57.8 Å². The maximum absolute atomic E-state index is 14.5. The second kappa shape index (κ2) is 16.4. The number of carbonyl (C=O) groups is 2. The highest BCUT2D eigenvalue weighted by atomic mass is 19.4. The molecule has 1 atom stereocenters. The molecule has 0 unspecified atom stereocenters. The quantitative estimate of drug-likeness (QED) is 0.150. The van der Waals surface area contributed by atoms with E-state index in [-0.39, 0.29) is 24.4 Å². The first-order valence-electron chi connectivity index (χ1n) is 16.8. The molecule has 3 aromatic carbocycles. The van der Waals surface area contributed by atoms with Gasteiger partial charge in [0.1, 0.15) is 0 Å². The van der Waals surface area contributed by atoms with Crippen molar-refractivity contribution in [3.05, 3.63) is 161 Å². The van der Waals surface area contributed by atoms with E-state index in [9.17, 15) is 22.8 Å². The molecular weight excluding hydrogens is 651 g/mol. The first kappa shape index (κ1) is 35.2. The number of pyridine rings is 2. The van der Waals surface area contributed by atoms with Gasteiger partial charge in [0.05, 0.1) is 17.2 Å². The number of hydrogen-bond donors (Lipinski definition) is 1. The Labute approximate surface area is 295 Å². The number of rotatable bonds is 11. The number of nitrogens with zero attached hydrogens (tertiary/aromatic N) is 4. The molecule has 2 aromatic heterocycles. The zero-order valence-electron chi connectivity index (χ0n) is 28.0. The van der Waals surface area contributed by atoms with Gasteiger partial charge >= 0.3 is 6.18 Å². The molecule has 0 saturated carbocycles. The molecule has 2 amide bonds. The highest BCUT2D eigenvalue weighted by Crippen LogP contribution is 2.30. The zero-order valence-corrected chi connectivity index (χ0v) is 28.0. The maximum Gasteiger partial charge on any atom is 0.416 e. The smallest absolute Gasteiger partial charge is 0.348 e. The van der Waals surface area contributed by atoms with Crippen LogP contribution in [0.5, 0.6) is 0 Å². The molecule has 1 saturated heterocycles. The van der Waals surface area contributed by atoms with E-state index in [1.807, 2.05) is 72.8 Å². The summed E-state index contributed by atoms with van der Waals surface area (Å²) in [6, 6.07) is 31.6. The Kier molecular flexibility index (Phi) is 11.3. The van der Waals surface area contributed by atoms with Gasteiger partial charge in [-0.15, -0.1) is 0 Å². The standard InChI is InChI=1S/C41H38F3N5O2/c42-41(43,44)35-16-13-31(14-17-35)24-36(39(50)47-27-33-15-18-38(46-26-33)34-12-7-19-45-28-34)37(25-30-8-3-1-4-9-30)40(51)49-22-20-48(21-23-49)29-32-10-5-2-6-11-32/h1-19,24,26,28,37H,20-23,25,27,29H2,(H,47,50)/t37-/m0/s1. The molecular formula is C41H38F3N5O2. The minimum absolute atomic E-state index is 0.133. The molecule has 1 aliphatic rings. The fraction of sp³-hybridized carbons (Fsp3) is 0.220. The second-order valence-electron chi connectivity index (χ2n) is 12.5. The normalized spacial score (nSPS) is 14.6. The summed E-state index contributed by atoms with van der Waals surface area (Å²) < 4.78 is 40.2. The van der Waals surface area contributed by atoms with Gasteiger partial charge in [0.2, 0.25) is 11.8 Å². The molecule has 3 heterocycles. The average Bonchev–Trinajstić information content (AvgIpc) is 3.16. The molecule has 51 heavy (non-hydrogen) atoms. The highest BCUT2D eigenvalue weighted by molar-refractivity contribution is 6.04. The predicted molar refractivity (Wildman–Crippen MR) is 191 cm³/mol. The van der Waals surface area contributed by atoms with Crippen LogP contribution in [0.4, 0.5) is 13.2 Å². The minimum Gasteiger partial charge on any atom is -0.348 e. The monoisotopic (exact) mass is 689 g/mol. The van der Waals surface area contributed by atoms with Crippen molar-refractivity contribution in [1.29, 1.82) is 0 Å². The molecule has 5 aromatic rings. The Morgan fingerprint density at radius 2 is 1.45 bits per heavy atom. The molecule has 0 radical (unpaired) electrons. The van der Waals surface area contributed by atoms with E-state index in [0.29, 0.717) is 31.7 Å². The summed E-state index contributed by atoms with van der Waals surface area (Å²) in [6.07, 6.45) is 2.35. The van der Waals surface area contributed by atoms with Crippen molar-refractivity contribution < 1.29 is 22.8 Å². The fourth-order valence-electron chi connectivity index (χ4n) is 6.14. The first-order chi connectivity index (χ1) is 24.7. The predicted octanol–water partition coefficient (Wildman–Crippen LogP) is 7.07. The van der Waals surface area contributed by atoms with Crippen LogP contribution in [0, 0.1) is 5.92 Å². The lowest BCUT2D eigenvalue weighted by Crippen LogP contribution is -2.51. The first-order valence-corrected chi connectivity index (χ1v) is 16.8. The van der Waals surface area contributed by atoms with E-state index in [0.717, 1.165) is 41.1 Å². The van der Waals surface area contributed by atoms with Crippen molar-refractivity contribution in [3.8, 4) is 11.3 Å². The molecule has 1 aliphatic heterocycles. The van der Waals surface area contributed by atoms with Crippen LogP contribution in [-0.2, 0) is 35.3 Å². The maximum atomic E-state index is 14.5. The van der Waals surface area contributed by atoms with Gasteiger partial charge in [-0.25, -0.2) is 0 Å². The Bertz CT molecular complexity index is 1910. The number of halogens is 3. The van der Waals surface area contributed by atoms with Crippen molar-refractivity contribution >= 4 is 17.9 Å². The van der Waals surface area contributed by atoms with Gasteiger partial charge in [0.25, 0.3) is 0 Å². The van der Waals surface area contributed by atoms with Crippen molar-refractivity contribution in [2.24, 2.45) is 5.92 Å². The Balaban J connectivity index is 1.26. The summed E-state index contributed by atoms with van der Waals surface area (Å²) in [5.41, 5.74) is 4.16. The topological polar surface area (TPSA) is 78.4 Å². The minimum atomic E-state index is -4.50. The molecule has 0 bridgehead atoms. The summed E-state index contributed by atoms with van der Waals surface area (Å²) in [5, 5.41) is 2.95. The van der Waals surface area contributed by atoms with Crippen molar-refractivity contribution in [2.75, 3.05) is 26.2 Å². The van der Waals surface area contributed by atoms with Gasteiger partial charge in [0, 0.05) is 69.0 Å². The zero-order chi connectivity index (χ0) is 35.6. The van der Waals surface area contributed by atoms with Crippen LogP contribution in [0.25, 0.3) is 17.3 Å². The van der Waals surface area contributed by atoms with Crippen molar-refractivity contribution in [2.45, 2.75) is 25.7 Å². The molecule has 260 valence electrons. The Morgan fingerprint density at radius 3 is 2.06 bits per heavy atom. The number of amides is 2. The van der Waals surface area contributed by atoms with E-state index < -0.39 is 23.6 Å². The van der Waals surface area contributed by atoms with Gasteiger partial charge in [-0.1, -0.05) is 78.9 Å². The van der Waals surface area contributed by atoms with Crippen molar-refractivity contribution in [1.82, 2.24) is 25.1 Å². The summed E-state index contributed by atoms with van der Waals surface area (Å²) in [7, 11) is 0. The highest BCUT2D eigenvalue weighted by Gasteiger charge is 2.34. The number of piperazine rings is 1. The van der Waals surface area contributed by atoms with Crippen molar-refractivity contribution in [3.63, 3.8) is 0 Å². The molecule has 1 fully saturated rings. The number of nitrogens with one attached hydrogen (secondary N) is 1. The lowest BCUT2D eigenvalue weighted by molar-refractivity contribution is -0.138. The van der Waals surface area contributed by atoms with Gasteiger partial charge in [-0.2, -0.15) is 13.2 Å². The van der Waals surface area contributed by atoms with Gasteiger partial charge < -0.3 is 10.2 Å². The van der Waals surface area contributed by atoms with Crippen LogP contribution < -0.4 is 5.32 Å². The molecule has 0 aliphatic carbocycles. The van der Waals surface area contributed by atoms with Gasteiger partial charge in [-0.3, -0.25) is 24.5 Å². The second-order valence-corrected chi connectivity index (χ2v) is 12.5. The summed E-state index contributed by atoms with van der Waals surface area (Å²) >= 11 is 0. The lowest BCUT2D eigenvalue weighted by atomic mass is 9.88. The number of hydrogen-bond acceptors (Lipinski definition) is 5. The van der Waals surface area contributed by atoms with E-state index >= 15 is 0 Å². The van der Waals surface area contributed by atoms with Gasteiger partial charge in [0.15, 0.2) is 0 Å². The Hall–Kier alpha value is -5.61. The molecule has 1 N–H and O–H groups in total. The van der Waals surface area contributed by atoms with Gasteiger partial charge in [-0.05, 0) is 65.1 Å². The number of aromatic nitrogens is 2. The summed E-state index contributed by atoms with van der Waals surface area (Å²) in [5.74, 6) is -1.57. The van der Waals surface area contributed by atoms with Crippen LogP contribution in [0.2, 0.25) is 0 Å². The van der Waals surface area contributed by atoms with Crippen LogP contribution in [0.15, 0.2) is 133 Å².